The molecule has 1 aromatic heterocycles. The van der Waals surface area contributed by atoms with Crippen molar-refractivity contribution in [2.75, 3.05) is 6.54 Å². The summed E-state index contributed by atoms with van der Waals surface area (Å²) in [5, 5.41) is 15.1. The lowest BCUT2D eigenvalue weighted by atomic mass is 9.99. The molecule has 18 heavy (non-hydrogen) atoms. The Morgan fingerprint density at radius 1 is 1.56 bits per heavy atom. The van der Waals surface area contributed by atoms with E-state index < -0.39 is 10.0 Å². The van der Waals surface area contributed by atoms with Crippen LogP contribution in [0, 0.1) is 11.8 Å². The molecule has 7 heteroatoms. The number of aromatic amines is 1. The molecule has 6 nitrogen and oxygen atoms in total. The molecule has 0 aromatic carbocycles. The standard InChI is InChI=1S/C11H19N3O3S/c1-8-3-2-4-9(8)6-13-18(16,17)11-10(7-15)5-12-14-11/h5,8-9,13,15H,2-4,6-7H2,1H3,(H,12,14). The number of hydrogen-bond acceptors (Lipinski definition) is 4. The highest BCUT2D eigenvalue weighted by Crippen LogP contribution is 2.30. The number of sulfonamides is 1. The van der Waals surface area contributed by atoms with E-state index in [4.69, 9.17) is 5.11 Å². The number of aliphatic hydroxyl groups excluding tert-OH is 1. The largest absolute Gasteiger partial charge is 0.392 e. The number of aliphatic hydroxyl groups is 1. The maximum atomic E-state index is 12.0. The molecule has 0 spiro atoms. The molecule has 3 N–H and O–H groups in total. The molecule has 0 aliphatic heterocycles. The van der Waals surface area contributed by atoms with Gasteiger partial charge in [0.15, 0.2) is 5.03 Å². The van der Waals surface area contributed by atoms with Crippen molar-refractivity contribution in [1.29, 1.82) is 0 Å². The lowest BCUT2D eigenvalue weighted by molar-refractivity contribution is 0.278. The third-order valence-corrected chi connectivity index (χ3v) is 5.13. The van der Waals surface area contributed by atoms with Gasteiger partial charge in [-0.1, -0.05) is 19.8 Å². The zero-order chi connectivity index (χ0) is 13.2. The average molecular weight is 273 g/mol. The van der Waals surface area contributed by atoms with E-state index in [2.05, 4.69) is 21.8 Å². The van der Waals surface area contributed by atoms with Crippen LogP contribution in [0.2, 0.25) is 0 Å². The van der Waals surface area contributed by atoms with Crippen molar-refractivity contribution in [3.63, 3.8) is 0 Å². The highest BCUT2D eigenvalue weighted by atomic mass is 32.2. The van der Waals surface area contributed by atoms with Crippen LogP contribution in [0.3, 0.4) is 0 Å². The Labute approximate surface area is 107 Å². The zero-order valence-electron chi connectivity index (χ0n) is 10.4. The van der Waals surface area contributed by atoms with E-state index in [1.165, 1.54) is 19.0 Å². The number of aromatic nitrogens is 2. The maximum absolute atomic E-state index is 12.0. The molecule has 1 heterocycles. The topological polar surface area (TPSA) is 95.1 Å². The summed E-state index contributed by atoms with van der Waals surface area (Å²) >= 11 is 0. The molecule has 1 aromatic rings. The monoisotopic (exact) mass is 273 g/mol. The summed E-state index contributed by atoms with van der Waals surface area (Å²) in [7, 11) is -3.60. The average Bonchev–Trinajstić information content (AvgIpc) is 2.95. The smallest absolute Gasteiger partial charge is 0.257 e. The van der Waals surface area contributed by atoms with E-state index in [-0.39, 0.29) is 11.6 Å². The lowest BCUT2D eigenvalue weighted by Gasteiger charge is -2.15. The van der Waals surface area contributed by atoms with Crippen molar-refractivity contribution < 1.29 is 13.5 Å². The Kier molecular flexibility index (Phi) is 4.04. The fourth-order valence-electron chi connectivity index (χ4n) is 2.46. The van der Waals surface area contributed by atoms with Gasteiger partial charge in [-0.05, 0) is 18.3 Å². The fourth-order valence-corrected chi connectivity index (χ4v) is 3.67. The minimum absolute atomic E-state index is 0.0318. The van der Waals surface area contributed by atoms with Crippen LogP contribution in [0.25, 0.3) is 0 Å². The van der Waals surface area contributed by atoms with Gasteiger partial charge in [0.1, 0.15) is 0 Å². The highest BCUT2D eigenvalue weighted by molar-refractivity contribution is 7.89. The summed E-state index contributed by atoms with van der Waals surface area (Å²) in [5.74, 6) is 0.965. The minimum atomic E-state index is -3.60. The van der Waals surface area contributed by atoms with Crippen LogP contribution in [-0.4, -0.2) is 30.3 Å². The Hall–Kier alpha value is -0.920. The second-order valence-corrected chi connectivity index (χ2v) is 6.61. The highest BCUT2D eigenvalue weighted by Gasteiger charge is 2.26. The van der Waals surface area contributed by atoms with E-state index in [9.17, 15) is 8.42 Å². The summed E-state index contributed by atoms with van der Waals surface area (Å²) in [6.45, 7) is 2.27. The van der Waals surface area contributed by atoms with Gasteiger partial charge in [0.25, 0.3) is 10.0 Å². The van der Waals surface area contributed by atoms with Crippen molar-refractivity contribution in [2.45, 2.75) is 37.8 Å². The number of hydrogen-bond donors (Lipinski definition) is 3. The normalized spacial score (nSPS) is 24.6. The Bertz CT molecular complexity index is 497. The molecule has 1 saturated carbocycles. The number of nitrogens with zero attached hydrogens (tertiary/aromatic N) is 1. The molecule has 2 atom stereocenters. The second kappa shape index (κ2) is 5.38. The van der Waals surface area contributed by atoms with Gasteiger partial charge in [0.2, 0.25) is 0 Å². The predicted octanol–water partition coefficient (Wildman–Crippen LogP) is 0.617. The van der Waals surface area contributed by atoms with E-state index in [1.807, 2.05) is 0 Å². The molecule has 0 bridgehead atoms. The molecule has 2 unspecified atom stereocenters. The molecule has 1 aliphatic rings. The molecule has 0 saturated heterocycles. The molecule has 0 amide bonds. The Balaban J connectivity index is 2.03. The van der Waals surface area contributed by atoms with Gasteiger partial charge in [0, 0.05) is 12.1 Å². The Morgan fingerprint density at radius 3 is 2.94 bits per heavy atom. The van der Waals surface area contributed by atoms with Crippen molar-refractivity contribution in [3.05, 3.63) is 11.8 Å². The molecule has 0 radical (unpaired) electrons. The van der Waals surface area contributed by atoms with Crippen LogP contribution in [0.4, 0.5) is 0 Å². The molecule has 102 valence electrons. The van der Waals surface area contributed by atoms with E-state index in [0.29, 0.717) is 23.9 Å². The van der Waals surface area contributed by atoms with E-state index >= 15 is 0 Å². The lowest BCUT2D eigenvalue weighted by Crippen LogP contribution is -2.31. The van der Waals surface area contributed by atoms with Gasteiger partial charge >= 0.3 is 0 Å². The second-order valence-electron chi connectivity index (χ2n) is 4.90. The first-order valence-electron chi connectivity index (χ1n) is 6.17. The first kappa shape index (κ1) is 13.5. The third kappa shape index (κ3) is 2.73. The SMILES string of the molecule is CC1CCCC1CNS(=O)(=O)c1[nH]ncc1CO. The van der Waals surface area contributed by atoms with Gasteiger partial charge in [-0.3, -0.25) is 5.10 Å². The summed E-state index contributed by atoms with van der Waals surface area (Å²) < 4.78 is 26.7. The predicted molar refractivity (Wildman–Crippen MR) is 66.2 cm³/mol. The van der Waals surface area contributed by atoms with Gasteiger partial charge in [0.05, 0.1) is 12.8 Å². The first-order chi connectivity index (χ1) is 8.54. The molecule has 1 fully saturated rings. The molecular formula is C11H19N3O3S. The third-order valence-electron chi connectivity index (χ3n) is 3.69. The summed E-state index contributed by atoms with van der Waals surface area (Å²) in [6.07, 6.45) is 4.73. The van der Waals surface area contributed by atoms with Crippen LogP contribution >= 0.6 is 0 Å². The molecule has 2 rings (SSSR count). The van der Waals surface area contributed by atoms with Gasteiger partial charge in [-0.25, -0.2) is 13.1 Å². The number of H-pyrrole nitrogens is 1. The van der Waals surface area contributed by atoms with Gasteiger partial charge in [-0.15, -0.1) is 0 Å². The van der Waals surface area contributed by atoms with Crippen molar-refractivity contribution in [2.24, 2.45) is 11.8 Å². The minimum Gasteiger partial charge on any atom is -0.392 e. The van der Waals surface area contributed by atoms with Gasteiger partial charge in [-0.2, -0.15) is 5.10 Å². The quantitative estimate of drug-likeness (QED) is 0.732. The van der Waals surface area contributed by atoms with Crippen molar-refractivity contribution in [3.8, 4) is 0 Å². The molecule has 1 aliphatic carbocycles. The van der Waals surface area contributed by atoms with E-state index in [0.717, 1.165) is 6.42 Å². The Morgan fingerprint density at radius 2 is 2.33 bits per heavy atom. The summed E-state index contributed by atoms with van der Waals surface area (Å²) in [5.41, 5.74) is 0.293. The zero-order valence-corrected chi connectivity index (χ0v) is 11.2. The van der Waals surface area contributed by atoms with E-state index in [1.54, 1.807) is 0 Å². The van der Waals surface area contributed by atoms with Crippen molar-refractivity contribution >= 4 is 10.0 Å². The van der Waals surface area contributed by atoms with Crippen molar-refractivity contribution in [1.82, 2.24) is 14.9 Å². The number of nitrogens with one attached hydrogen (secondary N) is 2. The fraction of sp³-hybridized carbons (Fsp3) is 0.727. The van der Waals surface area contributed by atoms with Crippen LogP contribution in [0.1, 0.15) is 31.7 Å². The number of rotatable bonds is 5. The summed E-state index contributed by atoms with van der Waals surface area (Å²) in [4.78, 5) is 0. The van der Waals surface area contributed by atoms with Gasteiger partial charge < -0.3 is 5.11 Å². The van der Waals surface area contributed by atoms with Crippen LogP contribution < -0.4 is 4.72 Å². The summed E-state index contributed by atoms with van der Waals surface area (Å²) in [6, 6.07) is 0. The first-order valence-corrected chi connectivity index (χ1v) is 7.65. The molecular weight excluding hydrogens is 254 g/mol. The van der Waals surface area contributed by atoms with Crippen LogP contribution in [0.15, 0.2) is 11.2 Å². The van der Waals surface area contributed by atoms with Crippen LogP contribution in [0.5, 0.6) is 0 Å². The maximum Gasteiger partial charge on any atom is 0.257 e. The van der Waals surface area contributed by atoms with Crippen LogP contribution in [-0.2, 0) is 16.6 Å².